The van der Waals surface area contributed by atoms with Gasteiger partial charge in [-0.05, 0) is 91.4 Å². The van der Waals surface area contributed by atoms with Gasteiger partial charge in [0.25, 0.3) is 0 Å². The first-order valence-electron chi connectivity index (χ1n) is 13.7. The molecule has 2 aliphatic rings. The number of nitrogen functional groups attached to an aromatic ring is 1. The number of aryl methyl sites for hydroxylation is 2. The van der Waals surface area contributed by atoms with Crippen LogP contribution < -0.4 is 5.73 Å². The fraction of sp³-hybridized carbons (Fsp3) is 0.600. The van der Waals surface area contributed by atoms with Gasteiger partial charge in [0.15, 0.2) is 0 Å². The topological polar surface area (TPSA) is 93.9 Å². The van der Waals surface area contributed by atoms with Crippen LogP contribution in [0.1, 0.15) is 93.6 Å². The van der Waals surface area contributed by atoms with E-state index in [-0.39, 0.29) is 5.97 Å². The minimum absolute atomic E-state index is 0.310. The van der Waals surface area contributed by atoms with Gasteiger partial charge in [-0.2, -0.15) is 0 Å². The number of anilines is 1. The number of H-pyrrole nitrogens is 1. The molecule has 0 radical (unpaired) electrons. The van der Waals surface area contributed by atoms with Crippen molar-refractivity contribution in [3.8, 4) is 0 Å². The van der Waals surface area contributed by atoms with Gasteiger partial charge in [0.2, 0.25) is 5.01 Å². The van der Waals surface area contributed by atoms with Crippen molar-refractivity contribution >= 4 is 45.6 Å². The summed E-state index contributed by atoms with van der Waals surface area (Å²) >= 11 is 6.49. The fourth-order valence-electron chi connectivity index (χ4n) is 5.49. The van der Waals surface area contributed by atoms with Crippen molar-refractivity contribution in [3.63, 3.8) is 0 Å². The highest BCUT2D eigenvalue weighted by Crippen LogP contribution is 2.39. The quantitative estimate of drug-likeness (QED) is 0.252. The number of pyridine rings is 2. The number of aromatic amines is 1. The Morgan fingerprint density at radius 1 is 1.05 bits per heavy atom. The molecule has 8 heteroatoms. The van der Waals surface area contributed by atoms with Crippen LogP contribution in [0.25, 0.3) is 10.3 Å². The third-order valence-electron chi connectivity index (χ3n) is 8.10. The van der Waals surface area contributed by atoms with Gasteiger partial charge >= 0.3 is 5.97 Å². The van der Waals surface area contributed by atoms with E-state index in [1.54, 1.807) is 6.92 Å². The molecule has 2 unspecified atom stereocenters. The number of nitrogens with two attached hydrogens (primary N) is 1. The van der Waals surface area contributed by atoms with Crippen LogP contribution in [0, 0.1) is 27.3 Å². The Bertz CT molecular complexity index is 1380. The smallest absolute Gasteiger partial charge is 0.367 e. The van der Waals surface area contributed by atoms with E-state index in [2.05, 4.69) is 63.6 Å². The Labute approximate surface area is 235 Å². The SMILES string of the molecule is CC(C)(C)C1CCc2[nH]c(=S)c(N)cc2C1.CCOC(=O)c1nc2cc3c(nc2s1)CCC(C(C)(C)C)C3. The molecule has 0 bridgehead atoms. The highest BCUT2D eigenvalue weighted by Gasteiger charge is 2.30. The maximum atomic E-state index is 11.8. The molecule has 0 fully saturated rings. The monoisotopic (exact) mass is 554 g/mol. The number of rotatable bonds is 2. The Hall–Kier alpha value is -2.32. The lowest BCUT2D eigenvalue weighted by atomic mass is 9.71. The number of fused-ring (bicyclic) bond motifs is 3. The lowest BCUT2D eigenvalue weighted by Gasteiger charge is -2.34. The molecule has 3 heterocycles. The minimum atomic E-state index is -0.351. The Balaban J connectivity index is 0.000000186. The molecule has 3 N–H and O–H groups in total. The number of aromatic nitrogens is 3. The highest BCUT2D eigenvalue weighted by molar-refractivity contribution is 7.71. The summed E-state index contributed by atoms with van der Waals surface area (Å²) in [4.78, 5) is 25.1. The van der Waals surface area contributed by atoms with Crippen LogP contribution in [0.3, 0.4) is 0 Å². The minimum Gasteiger partial charge on any atom is -0.461 e. The van der Waals surface area contributed by atoms with Crippen molar-refractivity contribution in [1.82, 2.24) is 15.0 Å². The lowest BCUT2D eigenvalue weighted by molar-refractivity contribution is 0.0526. The Morgan fingerprint density at radius 2 is 1.68 bits per heavy atom. The molecule has 0 aromatic carbocycles. The maximum Gasteiger partial charge on any atom is 0.367 e. The Morgan fingerprint density at radius 3 is 2.32 bits per heavy atom. The van der Waals surface area contributed by atoms with E-state index in [0.717, 1.165) is 41.9 Å². The van der Waals surface area contributed by atoms with Crippen LogP contribution in [0.5, 0.6) is 0 Å². The van der Waals surface area contributed by atoms with E-state index in [1.165, 1.54) is 46.7 Å². The van der Waals surface area contributed by atoms with E-state index >= 15 is 0 Å². The zero-order valence-electron chi connectivity index (χ0n) is 23.9. The normalized spacial score (nSPS) is 19.2. The highest BCUT2D eigenvalue weighted by atomic mass is 32.1. The number of nitrogens with zero attached hydrogens (tertiary/aromatic N) is 2. The fourth-order valence-corrected chi connectivity index (χ4v) is 6.51. The summed E-state index contributed by atoms with van der Waals surface area (Å²) in [5.41, 5.74) is 13.2. The summed E-state index contributed by atoms with van der Waals surface area (Å²) in [7, 11) is 0. The molecule has 0 aliphatic heterocycles. The molecule has 5 rings (SSSR count). The molecule has 2 atom stereocenters. The van der Waals surface area contributed by atoms with Gasteiger partial charge in [0.05, 0.1) is 12.3 Å². The molecular formula is C30H42N4O2S2. The van der Waals surface area contributed by atoms with Gasteiger partial charge in [0, 0.05) is 11.4 Å². The second-order valence-corrected chi connectivity index (χ2v) is 14.2. The third kappa shape index (κ3) is 6.45. The first-order valence-corrected chi connectivity index (χ1v) is 15.0. The summed E-state index contributed by atoms with van der Waals surface area (Å²) in [6.45, 7) is 16.0. The zero-order valence-corrected chi connectivity index (χ0v) is 25.5. The standard InChI is InChI=1S/C17H22N2O2S.C13H20N2S/c1-5-21-16(20)15-19-13-9-10-8-11(17(2,3)4)6-7-12(10)18-14(13)22-15;1-13(2,3)9-4-5-11-8(6-9)7-10(14)12(16)15-11/h9,11H,5-8H2,1-4H3;7,9H,4-6,14H2,1-3H3,(H,15,16). The van der Waals surface area contributed by atoms with Crippen LogP contribution in [0.2, 0.25) is 0 Å². The molecule has 2 aliphatic carbocycles. The molecule has 3 aromatic heterocycles. The van der Waals surface area contributed by atoms with Crippen molar-refractivity contribution in [3.05, 3.63) is 44.3 Å². The van der Waals surface area contributed by atoms with Crippen LogP contribution in [-0.2, 0) is 30.4 Å². The maximum absolute atomic E-state index is 11.8. The van der Waals surface area contributed by atoms with E-state index in [4.69, 9.17) is 27.7 Å². The zero-order chi connectivity index (χ0) is 27.8. The number of ether oxygens (including phenoxy) is 1. The molecule has 6 nitrogen and oxygen atoms in total. The average molecular weight is 555 g/mol. The molecule has 0 amide bonds. The second-order valence-electron chi connectivity index (χ2n) is 12.8. The summed E-state index contributed by atoms with van der Waals surface area (Å²) < 4.78 is 5.71. The number of hydrogen-bond donors (Lipinski definition) is 2. The van der Waals surface area contributed by atoms with Gasteiger partial charge in [-0.25, -0.2) is 14.8 Å². The first-order chi connectivity index (χ1) is 17.8. The average Bonchev–Trinajstić information content (AvgIpc) is 3.25. The summed E-state index contributed by atoms with van der Waals surface area (Å²) in [5.74, 6) is 1.06. The molecule has 0 saturated heterocycles. The third-order valence-corrected chi connectivity index (χ3v) is 9.38. The number of carbonyl (C=O) groups is 1. The number of thiazole rings is 1. The van der Waals surface area contributed by atoms with Crippen LogP contribution in [-0.4, -0.2) is 27.5 Å². The molecule has 38 heavy (non-hydrogen) atoms. The van der Waals surface area contributed by atoms with Gasteiger partial charge < -0.3 is 15.5 Å². The van der Waals surface area contributed by atoms with E-state index in [1.807, 2.05) is 0 Å². The number of carbonyl (C=O) groups excluding carboxylic acids is 1. The predicted octanol–water partition coefficient (Wildman–Crippen LogP) is 7.50. The van der Waals surface area contributed by atoms with E-state index < -0.39 is 0 Å². The summed E-state index contributed by atoms with van der Waals surface area (Å²) in [6.07, 6.45) is 6.70. The Kier molecular flexibility index (Phi) is 8.34. The van der Waals surface area contributed by atoms with Crippen molar-refractivity contribution in [2.24, 2.45) is 22.7 Å². The van der Waals surface area contributed by atoms with Gasteiger partial charge in [0.1, 0.15) is 15.0 Å². The van der Waals surface area contributed by atoms with Crippen molar-refractivity contribution in [2.75, 3.05) is 12.3 Å². The van der Waals surface area contributed by atoms with E-state index in [0.29, 0.717) is 38.7 Å². The second kappa shape index (κ2) is 11.0. The van der Waals surface area contributed by atoms with Gasteiger partial charge in [-0.1, -0.05) is 65.1 Å². The van der Waals surface area contributed by atoms with Crippen molar-refractivity contribution < 1.29 is 9.53 Å². The number of hydrogen-bond acceptors (Lipinski definition) is 7. The van der Waals surface area contributed by atoms with E-state index in [9.17, 15) is 4.79 Å². The van der Waals surface area contributed by atoms with Crippen LogP contribution >= 0.6 is 23.6 Å². The number of nitrogens with one attached hydrogen (secondary N) is 1. The molecule has 0 spiro atoms. The summed E-state index contributed by atoms with van der Waals surface area (Å²) in [6, 6.07) is 4.18. The molecule has 3 aromatic rings. The van der Waals surface area contributed by atoms with Crippen molar-refractivity contribution in [1.29, 1.82) is 0 Å². The number of esters is 1. The molecular weight excluding hydrogens is 512 g/mol. The van der Waals surface area contributed by atoms with Crippen molar-refractivity contribution in [2.45, 2.75) is 87.0 Å². The largest absolute Gasteiger partial charge is 0.461 e. The van der Waals surface area contributed by atoms with Crippen LogP contribution in [0.15, 0.2) is 12.1 Å². The summed E-state index contributed by atoms with van der Waals surface area (Å²) in [5, 5.41) is 0.402. The molecule has 0 saturated carbocycles. The predicted molar refractivity (Wildman–Crippen MR) is 159 cm³/mol. The van der Waals surface area contributed by atoms with Gasteiger partial charge in [-0.3, -0.25) is 0 Å². The first kappa shape index (κ1) is 28.7. The molecule has 206 valence electrons. The lowest BCUT2D eigenvalue weighted by Crippen LogP contribution is -2.27. The van der Waals surface area contributed by atoms with Crippen LogP contribution in [0.4, 0.5) is 5.69 Å². The van der Waals surface area contributed by atoms with Gasteiger partial charge in [-0.15, -0.1) is 0 Å².